The van der Waals surface area contributed by atoms with E-state index >= 15 is 0 Å². The van der Waals surface area contributed by atoms with E-state index in [0.29, 0.717) is 13.2 Å². The van der Waals surface area contributed by atoms with Crippen molar-refractivity contribution in [2.75, 3.05) is 33.0 Å². The zero-order chi connectivity index (χ0) is 24.5. The first kappa shape index (κ1) is 28.9. The van der Waals surface area contributed by atoms with Gasteiger partial charge in [0, 0.05) is 26.0 Å². The number of urea groups is 1. The number of hydrogen-bond donors (Lipinski definition) is 0. The molecule has 0 fully saturated rings. The van der Waals surface area contributed by atoms with E-state index < -0.39 is 30.4 Å². The maximum absolute atomic E-state index is 13.4. The molecule has 9 heteroatoms. The Morgan fingerprint density at radius 2 is 1.24 bits per heavy atom. The summed E-state index contributed by atoms with van der Waals surface area (Å²) in [6, 6.07) is -0.569. The summed E-state index contributed by atoms with van der Waals surface area (Å²) in [5.41, 5.74) is 0. The number of hydrogen-bond acceptors (Lipinski definition) is 7. The van der Waals surface area contributed by atoms with Crippen molar-refractivity contribution >= 4 is 18.0 Å². The van der Waals surface area contributed by atoms with Crippen LogP contribution in [0, 0.1) is 0 Å². The van der Waals surface area contributed by atoms with Crippen LogP contribution >= 0.6 is 0 Å². The molecular formula is C24H42N2O7. The average molecular weight is 471 g/mol. The first-order valence-corrected chi connectivity index (χ1v) is 12.3. The lowest BCUT2D eigenvalue weighted by molar-refractivity contribution is -0.172. The predicted molar refractivity (Wildman–Crippen MR) is 124 cm³/mol. The van der Waals surface area contributed by atoms with Crippen LogP contribution in [0.15, 0.2) is 12.3 Å². The highest BCUT2D eigenvalue weighted by atomic mass is 16.6. The molecule has 2 amide bonds. The summed E-state index contributed by atoms with van der Waals surface area (Å²) in [5.74, 6) is -1.24. The Hall–Kier alpha value is -2.13. The predicted octanol–water partition coefficient (Wildman–Crippen LogP) is 4.21. The van der Waals surface area contributed by atoms with Crippen LogP contribution in [0.3, 0.4) is 0 Å². The van der Waals surface area contributed by atoms with Crippen molar-refractivity contribution in [1.82, 2.24) is 9.80 Å². The Bertz CT molecular complexity index is 612. The second-order valence-corrected chi connectivity index (χ2v) is 7.92. The summed E-state index contributed by atoms with van der Waals surface area (Å²) >= 11 is 0. The van der Waals surface area contributed by atoms with E-state index in [0.717, 1.165) is 51.4 Å². The molecule has 0 N–H and O–H groups in total. The maximum atomic E-state index is 13.4. The average Bonchev–Trinajstić information content (AvgIpc) is 2.81. The molecule has 1 rings (SSSR count). The molecule has 0 aliphatic carbocycles. The van der Waals surface area contributed by atoms with Gasteiger partial charge in [-0.3, -0.25) is 9.80 Å². The number of rotatable bonds is 18. The molecule has 0 saturated heterocycles. The molecule has 0 bridgehead atoms. The molecule has 9 nitrogen and oxygen atoms in total. The van der Waals surface area contributed by atoms with Crippen molar-refractivity contribution in [3.63, 3.8) is 0 Å². The number of carbonyl (C=O) groups is 3. The lowest BCUT2D eigenvalue weighted by atomic mass is 10.3. The molecule has 0 saturated carbocycles. The van der Waals surface area contributed by atoms with E-state index in [2.05, 4.69) is 0 Å². The summed E-state index contributed by atoms with van der Waals surface area (Å²) in [4.78, 5) is 41.3. The van der Waals surface area contributed by atoms with E-state index in [4.69, 9.17) is 18.9 Å². The number of unbranched alkanes of at least 4 members (excludes halogenated alkanes) is 4. The van der Waals surface area contributed by atoms with Gasteiger partial charge in [0.15, 0.2) is 0 Å². The van der Waals surface area contributed by atoms with Crippen molar-refractivity contribution in [2.45, 2.75) is 91.5 Å². The number of carbonyl (C=O) groups excluding carboxylic acids is 3. The number of nitrogens with zero attached hydrogens (tertiary/aromatic N) is 2. The molecule has 0 spiro atoms. The molecule has 0 radical (unpaired) electrons. The largest absolute Gasteiger partial charge is 0.462 e. The van der Waals surface area contributed by atoms with Gasteiger partial charge in [-0.1, -0.05) is 53.4 Å². The third kappa shape index (κ3) is 10.1. The van der Waals surface area contributed by atoms with Crippen LogP contribution in [0.25, 0.3) is 0 Å². The second kappa shape index (κ2) is 17.4. The molecular weight excluding hydrogens is 428 g/mol. The van der Waals surface area contributed by atoms with Crippen molar-refractivity contribution in [2.24, 2.45) is 0 Å². The Labute approximate surface area is 198 Å². The van der Waals surface area contributed by atoms with Gasteiger partial charge < -0.3 is 18.9 Å². The zero-order valence-corrected chi connectivity index (χ0v) is 20.8. The van der Waals surface area contributed by atoms with Crippen LogP contribution < -0.4 is 0 Å². The number of esters is 2. The van der Waals surface area contributed by atoms with Gasteiger partial charge in [0.1, 0.15) is 0 Å². The first-order valence-electron chi connectivity index (χ1n) is 12.3. The molecule has 1 aliphatic rings. The van der Waals surface area contributed by atoms with Gasteiger partial charge in [-0.05, 0) is 31.8 Å². The molecule has 1 aliphatic heterocycles. The summed E-state index contributed by atoms with van der Waals surface area (Å²) in [6.45, 7) is 9.30. The van der Waals surface area contributed by atoms with Gasteiger partial charge in [-0.15, -0.1) is 0 Å². The van der Waals surface area contributed by atoms with Crippen molar-refractivity contribution < 1.29 is 33.3 Å². The highest BCUT2D eigenvalue weighted by molar-refractivity contribution is 5.87. The van der Waals surface area contributed by atoms with Crippen LogP contribution in [0.5, 0.6) is 0 Å². The monoisotopic (exact) mass is 470 g/mol. The fraction of sp³-hybridized carbons (Fsp3) is 0.792. The summed E-state index contributed by atoms with van der Waals surface area (Å²) in [6.07, 6.45) is 7.21. The fourth-order valence-corrected chi connectivity index (χ4v) is 2.94. The topological polar surface area (TPSA) is 94.6 Å². The Kier molecular flexibility index (Phi) is 15.2. The smallest absolute Gasteiger partial charge is 0.357 e. The first-order chi connectivity index (χ1) is 16.0. The second-order valence-electron chi connectivity index (χ2n) is 7.92. The molecule has 0 aromatic heterocycles. The minimum atomic E-state index is -1.23. The zero-order valence-electron chi connectivity index (χ0n) is 20.8. The van der Waals surface area contributed by atoms with Crippen LogP contribution in [-0.4, -0.2) is 73.2 Å². The Balaban J connectivity index is 3.02. The third-order valence-corrected chi connectivity index (χ3v) is 5.01. The Morgan fingerprint density at radius 3 is 1.76 bits per heavy atom. The minimum absolute atomic E-state index is 0.154. The highest BCUT2D eigenvalue weighted by Crippen LogP contribution is 2.19. The Morgan fingerprint density at radius 1 is 0.788 bits per heavy atom. The van der Waals surface area contributed by atoms with Crippen molar-refractivity contribution in [3.8, 4) is 0 Å². The summed E-state index contributed by atoms with van der Waals surface area (Å²) in [5, 5.41) is 0. The fourth-order valence-electron chi connectivity index (χ4n) is 2.94. The van der Waals surface area contributed by atoms with Crippen molar-refractivity contribution in [1.29, 1.82) is 0 Å². The highest BCUT2D eigenvalue weighted by Gasteiger charge is 2.40. The lowest BCUT2D eigenvalue weighted by Gasteiger charge is -2.37. The van der Waals surface area contributed by atoms with Crippen LogP contribution in [0.2, 0.25) is 0 Å². The number of amides is 2. The summed E-state index contributed by atoms with van der Waals surface area (Å²) in [7, 11) is 0. The number of ether oxygens (including phenoxy) is 4. The van der Waals surface area contributed by atoms with Gasteiger partial charge in [0.05, 0.1) is 13.2 Å². The van der Waals surface area contributed by atoms with Gasteiger partial charge in [0.2, 0.25) is 12.5 Å². The van der Waals surface area contributed by atoms with E-state index in [1.807, 2.05) is 27.7 Å². The van der Waals surface area contributed by atoms with Gasteiger partial charge >= 0.3 is 18.0 Å². The van der Waals surface area contributed by atoms with Crippen LogP contribution in [0.1, 0.15) is 79.1 Å². The quantitative estimate of drug-likeness (QED) is 0.219. The molecule has 2 unspecified atom stereocenters. The maximum Gasteiger partial charge on any atom is 0.357 e. The SMILES string of the molecule is CCCCOC(=O)C(OCCCC)N1C=CCN(C(OCCCC)C(=O)OCCCC)C1=O. The molecule has 1 heterocycles. The molecule has 0 aromatic carbocycles. The van der Waals surface area contributed by atoms with Gasteiger partial charge in [-0.25, -0.2) is 14.4 Å². The van der Waals surface area contributed by atoms with E-state index in [1.54, 1.807) is 6.08 Å². The normalized spacial score (nSPS) is 15.5. The van der Waals surface area contributed by atoms with E-state index in [-0.39, 0.29) is 19.8 Å². The van der Waals surface area contributed by atoms with Crippen molar-refractivity contribution in [3.05, 3.63) is 12.3 Å². The van der Waals surface area contributed by atoms with Crippen LogP contribution in [0.4, 0.5) is 4.79 Å². The molecule has 2 atom stereocenters. The summed E-state index contributed by atoms with van der Waals surface area (Å²) < 4.78 is 22.2. The standard InChI is InChI=1S/C24H42N2O7/c1-5-9-16-30-20(22(27)32-18-11-7-3)25-14-13-15-26(24(25)29)21(31-17-10-6-2)23(28)33-19-12-8-4/h13-14,20-21H,5-12,15-19H2,1-4H3. The lowest BCUT2D eigenvalue weighted by Crippen LogP contribution is -2.57. The van der Waals surface area contributed by atoms with Gasteiger partial charge in [-0.2, -0.15) is 0 Å². The molecule has 0 aromatic rings. The van der Waals surface area contributed by atoms with E-state index in [9.17, 15) is 14.4 Å². The molecule has 33 heavy (non-hydrogen) atoms. The third-order valence-electron chi connectivity index (χ3n) is 5.01. The van der Waals surface area contributed by atoms with Crippen LogP contribution in [-0.2, 0) is 28.5 Å². The minimum Gasteiger partial charge on any atom is -0.462 e. The molecule has 190 valence electrons. The van der Waals surface area contributed by atoms with E-state index in [1.165, 1.54) is 16.0 Å². The van der Waals surface area contributed by atoms with Gasteiger partial charge in [0.25, 0.3) is 0 Å².